The molecule has 174 valence electrons. The van der Waals surface area contributed by atoms with Crippen molar-refractivity contribution < 1.29 is 28.7 Å². The molecule has 0 radical (unpaired) electrons. The number of pyridine rings is 1. The van der Waals surface area contributed by atoms with Crippen molar-refractivity contribution in [2.24, 2.45) is 5.10 Å². The summed E-state index contributed by atoms with van der Waals surface area (Å²) in [5.41, 5.74) is 1.69. The molecule has 1 aliphatic heterocycles. The third-order valence-corrected chi connectivity index (χ3v) is 5.06. The number of fused-ring (bicyclic) bond motifs is 1. The second-order valence-electron chi connectivity index (χ2n) is 7.48. The van der Waals surface area contributed by atoms with E-state index >= 15 is 0 Å². The van der Waals surface area contributed by atoms with Crippen LogP contribution in [-0.4, -0.2) is 39.8 Å². The van der Waals surface area contributed by atoms with Gasteiger partial charge in [-0.05, 0) is 19.1 Å². The van der Waals surface area contributed by atoms with Crippen LogP contribution >= 0.6 is 0 Å². The number of esters is 1. The van der Waals surface area contributed by atoms with Gasteiger partial charge >= 0.3 is 5.97 Å². The summed E-state index contributed by atoms with van der Waals surface area (Å²) in [6.07, 6.45) is -0.977. The highest BCUT2D eigenvalue weighted by molar-refractivity contribution is 6.01. The molecule has 0 N–H and O–H groups in total. The van der Waals surface area contributed by atoms with Crippen LogP contribution in [0.4, 0.5) is 5.69 Å². The van der Waals surface area contributed by atoms with Crippen molar-refractivity contribution in [3.63, 3.8) is 0 Å². The molecule has 2 heterocycles. The first kappa shape index (κ1) is 22.6. The number of rotatable bonds is 5. The van der Waals surface area contributed by atoms with Gasteiger partial charge in [-0.3, -0.25) is 24.7 Å². The number of nitro groups is 1. The minimum absolute atomic E-state index is 0.00918. The Morgan fingerprint density at radius 3 is 2.56 bits per heavy atom. The first-order valence-corrected chi connectivity index (χ1v) is 10.2. The van der Waals surface area contributed by atoms with Gasteiger partial charge in [0.25, 0.3) is 5.69 Å². The van der Waals surface area contributed by atoms with Gasteiger partial charge in [0.1, 0.15) is 0 Å². The van der Waals surface area contributed by atoms with Crippen molar-refractivity contribution in [1.82, 2.24) is 9.99 Å². The molecule has 11 nitrogen and oxygen atoms in total. The van der Waals surface area contributed by atoms with Gasteiger partial charge in [-0.1, -0.05) is 18.2 Å². The van der Waals surface area contributed by atoms with Gasteiger partial charge in [0.2, 0.25) is 18.0 Å². The molecule has 11 heteroatoms. The number of non-ortho nitro benzene ring substituents is 1. The van der Waals surface area contributed by atoms with E-state index in [-0.39, 0.29) is 28.6 Å². The van der Waals surface area contributed by atoms with Crippen LogP contribution in [0.3, 0.4) is 0 Å². The maximum Gasteiger partial charge on any atom is 0.308 e. The molecule has 1 atom stereocenters. The lowest BCUT2D eigenvalue weighted by Crippen LogP contribution is -2.25. The summed E-state index contributed by atoms with van der Waals surface area (Å²) in [5, 5.41) is 17.7. The lowest BCUT2D eigenvalue weighted by atomic mass is 10.1. The molecule has 0 unspecified atom stereocenters. The Morgan fingerprint density at radius 2 is 1.91 bits per heavy atom. The van der Waals surface area contributed by atoms with Crippen molar-refractivity contribution in [2.45, 2.75) is 27.0 Å². The van der Waals surface area contributed by atoms with Crippen molar-refractivity contribution >= 4 is 34.4 Å². The van der Waals surface area contributed by atoms with E-state index in [1.54, 1.807) is 6.07 Å². The van der Waals surface area contributed by atoms with Crippen molar-refractivity contribution in [2.75, 3.05) is 7.11 Å². The molecule has 1 aliphatic rings. The smallest absolute Gasteiger partial charge is 0.308 e. The lowest BCUT2D eigenvalue weighted by Gasteiger charge is -2.21. The summed E-state index contributed by atoms with van der Waals surface area (Å²) in [7, 11) is 1.28. The maximum absolute atomic E-state index is 12.5. The van der Waals surface area contributed by atoms with Crippen LogP contribution in [-0.2, 0) is 14.3 Å². The van der Waals surface area contributed by atoms with Gasteiger partial charge in [-0.25, -0.2) is 0 Å². The predicted molar refractivity (Wildman–Crippen MR) is 120 cm³/mol. The second-order valence-corrected chi connectivity index (χ2v) is 7.48. The van der Waals surface area contributed by atoms with Crippen LogP contribution < -0.4 is 9.47 Å². The highest BCUT2D eigenvalue weighted by Crippen LogP contribution is 2.41. The zero-order valence-electron chi connectivity index (χ0n) is 18.8. The molecular formula is C23H20N4O7. The number of para-hydroxylation sites is 1. The fourth-order valence-corrected chi connectivity index (χ4v) is 3.67. The number of ether oxygens (including phenoxy) is 3. The number of aryl methyl sites for hydroxylation is 1. The van der Waals surface area contributed by atoms with Crippen LogP contribution in [0, 0.1) is 17.0 Å². The fourth-order valence-electron chi connectivity index (χ4n) is 3.67. The lowest BCUT2D eigenvalue weighted by molar-refractivity contribution is -0.385. The number of carbonyl (C=O) groups is 2. The van der Waals surface area contributed by atoms with E-state index in [0.717, 1.165) is 22.5 Å². The summed E-state index contributed by atoms with van der Waals surface area (Å²) in [5.74, 6) is -1.42. The number of carbonyl (C=O) groups excluding carboxylic acids is 2. The van der Waals surface area contributed by atoms with Crippen molar-refractivity contribution in [3.8, 4) is 11.5 Å². The number of hydrazone groups is 1. The third kappa shape index (κ3) is 4.10. The van der Waals surface area contributed by atoms with E-state index in [4.69, 9.17) is 14.2 Å². The van der Waals surface area contributed by atoms with Crippen LogP contribution in [0.2, 0.25) is 0 Å². The maximum atomic E-state index is 12.5. The summed E-state index contributed by atoms with van der Waals surface area (Å²) in [4.78, 5) is 39.6. The minimum atomic E-state index is -0.977. The molecule has 0 bridgehead atoms. The molecule has 0 spiro atoms. The van der Waals surface area contributed by atoms with E-state index < -0.39 is 23.0 Å². The number of methoxy groups -OCH3 is 1. The summed E-state index contributed by atoms with van der Waals surface area (Å²) in [6.45, 7) is 4.31. The number of hydrogen-bond acceptors (Lipinski definition) is 9. The number of aromatic nitrogens is 1. The number of nitrogens with zero attached hydrogens (tertiary/aromatic N) is 4. The Labute approximate surface area is 193 Å². The molecule has 2 aromatic carbocycles. The van der Waals surface area contributed by atoms with Gasteiger partial charge in [-0.15, -0.1) is 5.10 Å². The first-order valence-electron chi connectivity index (χ1n) is 10.2. The molecule has 4 rings (SSSR count). The highest BCUT2D eigenvalue weighted by atomic mass is 16.6. The average molecular weight is 464 g/mol. The molecular weight excluding hydrogens is 444 g/mol. The van der Waals surface area contributed by atoms with Crippen LogP contribution in [0.25, 0.3) is 10.9 Å². The summed E-state index contributed by atoms with van der Waals surface area (Å²) in [6, 6.07) is 11.4. The van der Waals surface area contributed by atoms with Gasteiger partial charge in [0.05, 0.1) is 29.2 Å². The average Bonchev–Trinajstić information content (AvgIpc) is 3.23. The van der Waals surface area contributed by atoms with Gasteiger partial charge < -0.3 is 14.2 Å². The number of hydrogen-bond donors (Lipinski definition) is 0. The van der Waals surface area contributed by atoms with E-state index in [9.17, 15) is 19.7 Å². The third-order valence-electron chi connectivity index (χ3n) is 5.06. The Kier molecular flexibility index (Phi) is 5.84. The fraction of sp³-hybridized carbons (Fsp3) is 0.217. The SMILES string of the molecule is COc1cc([N+](=O)[O-])cc(C2=NN(C(C)=O)[C@@H](c3cc(C)nc4ccccc34)O2)c1OC(C)=O. The monoisotopic (exact) mass is 464 g/mol. The molecule has 1 aromatic heterocycles. The van der Waals surface area contributed by atoms with E-state index in [1.807, 2.05) is 31.2 Å². The van der Waals surface area contributed by atoms with E-state index in [2.05, 4.69) is 10.1 Å². The molecule has 3 aromatic rings. The topological polar surface area (TPSA) is 133 Å². The van der Waals surface area contributed by atoms with Gasteiger partial charge in [0.15, 0.2) is 11.5 Å². The zero-order valence-corrected chi connectivity index (χ0v) is 18.8. The molecule has 0 saturated heterocycles. The second kappa shape index (κ2) is 8.77. The normalized spacial score (nSPS) is 15.0. The zero-order chi connectivity index (χ0) is 24.6. The molecule has 0 aliphatic carbocycles. The standard InChI is InChI=1S/C23H20N4O7/c1-12-9-17(16-7-5-6-8-19(16)24-12)23-26(13(2)28)25-22(34-23)18-10-15(27(30)31)11-20(32-4)21(18)33-14(3)29/h5-11,23H,1-4H3/t23-/m1/s1. The minimum Gasteiger partial charge on any atom is -0.493 e. The number of benzene rings is 2. The molecule has 0 fully saturated rings. The molecule has 1 amide bonds. The Balaban J connectivity index is 1.89. The predicted octanol–water partition coefficient (Wildman–Crippen LogP) is 3.62. The number of nitro benzene ring substituents is 1. The van der Waals surface area contributed by atoms with E-state index in [0.29, 0.717) is 16.8 Å². The Bertz CT molecular complexity index is 1370. The largest absolute Gasteiger partial charge is 0.493 e. The van der Waals surface area contributed by atoms with Crippen LogP contribution in [0.1, 0.15) is 36.9 Å². The quantitative estimate of drug-likeness (QED) is 0.242. The Hall–Kier alpha value is -4.54. The molecule has 34 heavy (non-hydrogen) atoms. The van der Waals surface area contributed by atoms with Crippen molar-refractivity contribution in [3.05, 3.63) is 69.4 Å². The number of amides is 1. The van der Waals surface area contributed by atoms with Gasteiger partial charge in [-0.2, -0.15) is 5.01 Å². The summed E-state index contributed by atoms with van der Waals surface area (Å²) < 4.78 is 16.6. The van der Waals surface area contributed by atoms with E-state index in [1.165, 1.54) is 21.0 Å². The van der Waals surface area contributed by atoms with Crippen molar-refractivity contribution in [1.29, 1.82) is 0 Å². The van der Waals surface area contributed by atoms with Gasteiger partial charge in [0, 0.05) is 36.6 Å². The Morgan fingerprint density at radius 1 is 1.18 bits per heavy atom. The van der Waals surface area contributed by atoms with Crippen LogP contribution in [0.5, 0.6) is 11.5 Å². The summed E-state index contributed by atoms with van der Waals surface area (Å²) >= 11 is 0. The highest BCUT2D eigenvalue weighted by Gasteiger charge is 2.37. The first-order chi connectivity index (χ1) is 16.2. The van der Waals surface area contributed by atoms with Crippen LogP contribution in [0.15, 0.2) is 47.6 Å². The molecule has 0 saturated carbocycles.